The molecule has 2 aromatic rings. The quantitative estimate of drug-likeness (QED) is 0.739. The Labute approximate surface area is 139 Å². The highest BCUT2D eigenvalue weighted by Gasteiger charge is 2.38. The minimum atomic E-state index is 0.331. The highest BCUT2D eigenvalue weighted by atomic mass is 79.9. The summed E-state index contributed by atoms with van der Waals surface area (Å²) in [4.78, 5) is 0. The number of methoxy groups -OCH3 is 1. The van der Waals surface area contributed by atoms with Crippen molar-refractivity contribution in [2.75, 3.05) is 12.4 Å². The van der Waals surface area contributed by atoms with Crippen molar-refractivity contribution in [3.05, 3.63) is 70.2 Å². The Hall–Kier alpha value is -1.74. The zero-order valence-electron chi connectivity index (χ0n) is 12.4. The third kappa shape index (κ3) is 2.15. The topological polar surface area (TPSA) is 21.3 Å². The first-order valence-electron chi connectivity index (χ1n) is 7.63. The van der Waals surface area contributed by atoms with Crippen LogP contribution in [0.1, 0.15) is 29.5 Å². The Kier molecular flexibility index (Phi) is 3.45. The lowest BCUT2D eigenvalue weighted by Gasteiger charge is -2.38. The molecular formula is C19H18BrNO. The Balaban J connectivity index is 1.76. The minimum Gasteiger partial charge on any atom is -0.497 e. The lowest BCUT2D eigenvalue weighted by atomic mass is 9.77. The molecule has 2 aliphatic rings. The fourth-order valence-corrected chi connectivity index (χ4v) is 4.22. The van der Waals surface area contributed by atoms with Gasteiger partial charge in [0.15, 0.2) is 0 Å². The van der Waals surface area contributed by atoms with Gasteiger partial charge in [-0.15, -0.1) is 0 Å². The summed E-state index contributed by atoms with van der Waals surface area (Å²) in [6, 6.07) is 15.2. The van der Waals surface area contributed by atoms with Gasteiger partial charge < -0.3 is 10.1 Å². The summed E-state index contributed by atoms with van der Waals surface area (Å²) in [5, 5.41) is 3.76. The number of rotatable bonds is 2. The summed E-state index contributed by atoms with van der Waals surface area (Å²) in [5.74, 6) is 1.98. The molecule has 2 aromatic carbocycles. The van der Waals surface area contributed by atoms with E-state index in [2.05, 4.69) is 63.7 Å². The summed E-state index contributed by atoms with van der Waals surface area (Å²) in [5.41, 5.74) is 3.95. The molecule has 0 radical (unpaired) electrons. The van der Waals surface area contributed by atoms with E-state index in [4.69, 9.17) is 4.74 Å². The standard InChI is InChI=1S/C19H18BrNO/c1-22-13-10-8-12(9-11-13)18-15-5-2-4-14(15)16-6-3-7-17(20)19(16)21-18/h2-4,6-11,14-15,18,21H,5H2,1H3. The van der Waals surface area contributed by atoms with Gasteiger partial charge in [0.2, 0.25) is 0 Å². The van der Waals surface area contributed by atoms with Crippen LogP contribution in [0.4, 0.5) is 5.69 Å². The number of halogens is 1. The van der Waals surface area contributed by atoms with Crippen LogP contribution >= 0.6 is 15.9 Å². The Bertz CT molecular complexity index is 723. The molecule has 1 aliphatic heterocycles. The molecule has 0 fully saturated rings. The van der Waals surface area contributed by atoms with Crippen LogP contribution in [-0.4, -0.2) is 7.11 Å². The molecule has 1 aliphatic carbocycles. The lowest BCUT2D eigenvalue weighted by molar-refractivity contribution is 0.411. The van der Waals surface area contributed by atoms with Crippen LogP contribution in [0.25, 0.3) is 0 Å². The summed E-state index contributed by atoms with van der Waals surface area (Å²) in [7, 11) is 1.71. The largest absolute Gasteiger partial charge is 0.497 e. The van der Waals surface area contributed by atoms with Gasteiger partial charge in [0, 0.05) is 10.4 Å². The van der Waals surface area contributed by atoms with Crippen LogP contribution in [0, 0.1) is 5.92 Å². The van der Waals surface area contributed by atoms with E-state index in [1.807, 2.05) is 12.1 Å². The van der Waals surface area contributed by atoms with E-state index in [1.165, 1.54) is 16.8 Å². The summed E-state index contributed by atoms with van der Waals surface area (Å²) >= 11 is 3.70. The van der Waals surface area contributed by atoms with Gasteiger partial charge >= 0.3 is 0 Å². The van der Waals surface area contributed by atoms with Crippen LogP contribution in [0.15, 0.2) is 59.1 Å². The van der Waals surface area contributed by atoms with E-state index in [-0.39, 0.29) is 0 Å². The number of ether oxygens (including phenoxy) is 1. The molecule has 1 N–H and O–H groups in total. The fourth-order valence-electron chi connectivity index (χ4n) is 3.72. The Morgan fingerprint density at radius 3 is 2.73 bits per heavy atom. The molecule has 112 valence electrons. The van der Waals surface area contributed by atoms with Crippen molar-refractivity contribution >= 4 is 21.6 Å². The van der Waals surface area contributed by atoms with Crippen LogP contribution in [0.5, 0.6) is 5.75 Å². The highest BCUT2D eigenvalue weighted by molar-refractivity contribution is 9.10. The van der Waals surface area contributed by atoms with Crippen LogP contribution in [-0.2, 0) is 0 Å². The molecule has 0 saturated heterocycles. The number of hydrogen-bond acceptors (Lipinski definition) is 2. The second-order valence-electron chi connectivity index (χ2n) is 5.95. The van der Waals surface area contributed by atoms with Crippen molar-refractivity contribution < 1.29 is 4.74 Å². The zero-order valence-corrected chi connectivity index (χ0v) is 14.0. The monoisotopic (exact) mass is 355 g/mol. The molecule has 0 spiro atoms. The highest BCUT2D eigenvalue weighted by Crippen LogP contribution is 2.51. The summed E-state index contributed by atoms with van der Waals surface area (Å²) in [6.07, 6.45) is 5.82. The second-order valence-corrected chi connectivity index (χ2v) is 6.81. The molecule has 0 saturated carbocycles. The SMILES string of the molecule is COc1ccc(C2Nc3c(Br)cccc3C3C=CCC32)cc1. The van der Waals surface area contributed by atoms with Crippen molar-refractivity contribution in [1.29, 1.82) is 0 Å². The molecular weight excluding hydrogens is 338 g/mol. The van der Waals surface area contributed by atoms with Crippen LogP contribution < -0.4 is 10.1 Å². The zero-order chi connectivity index (χ0) is 15.1. The summed E-state index contributed by atoms with van der Waals surface area (Å²) in [6.45, 7) is 0. The number of para-hydroxylation sites is 1. The van der Waals surface area contributed by atoms with E-state index >= 15 is 0 Å². The molecule has 2 nitrogen and oxygen atoms in total. The van der Waals surface area contributed by atoms with Gasteiger partial charge in [-0.3, -0.25) is 0 Å². The Morgan fingerprint density at radius 2 is 1.95 bits per heavy atom. The van der Waals surface area contributed by atoms with E-state index in [0.717, 1.165) is 16.6 Å². The van der Waals surface area contributed by atoms with E-state index in [1.54, 1.807) is 7.11 Å². The van der Waals surface area contributed by atoms with Crippen molar-refractivity contribution in [2.45, 2.75) is 18.4 Å². The van der Waals surface area contributed by atoms with Crippen LogP contribution in [0.2, 0.25) is 0 Å². The molecule has 3 unspecified atom stereocenters. The maximum absolute atomic E-state index is 5.28. The van der Waals surface area contributed by atoms with Crippen molar-refractivity contribution in [1.82, 2.24) is 0 Å². The number of hydrogen-bond donors (Lipinski definition) is 1. The molecule has 1 heterocycles. The number of benzene rings is 2. The van der Waals surface area contributed by atoms with Gasteiger partial charge in [0.05, 0.1) is 18.8 Å². The van der Waals surface area contributed by atoms with E-state index in [9.17, 15) is 0 Å². The first kappa shape index (κ1) is 13.9. The van der Waals surface area contributed by atoms with Gasteiger partial charge in [0.1, 0.15) is 5.75 Å². The first-order chi connectivity index (χ1) is 10.8. The third-order valence-electron chi connectivity index (χ3n) is 4.82. The normalized spacial score (nSPS) is 25.3. The number of allylic oxidation sites excluding steroid dienone is 2. The van der Waals surface area contributed by atoms with Crippen LogP contribution in [0.3, 0.4) is 0 Å². The molecule has 0 aromatic heterocycles. The van der Waals surface area contributed by atoms with Crippen molar-refractivity contribution in [2.24, 2.45) is 5.92 Å². The third-order valence-corrected chi connectivity index (χ3v) is 5.48. The minimum absolute atomic E-state index is 0.331. The molecule has 3 atom stereocenters. The lowest BCUT2D eigenvalue weighted by Crippen LogP contribution is -2.29. The first-order valence-corrected chi connectivity index (χ1v) is 8.43. The maximum Gasteiger partial charge on any atom is 0.118 e. The van der Waals surface area contributed by atoms with Gasteiger partial charge in [-0.2, -0.15) is 0 Å². The molecule has 3 heteroatoms. The van der Waals surface area contributed by atoms with Gasteiger partial charge in [0.25, 0.3) is 0 Å². The van der Waals surface area contributed by atoms with Crippen molar-refractivity contribution in [3.63, 3.8) is 0 Å². The predicted molar refractivity (Wildman–Crippen MR) is 93.5 cm³/mol. The average molecular weight is 356 g/mol. The average Bonchev–Trinajstić information content (AvgIpc) is 3.05. The predicted octanol–water partition coefficient (Wildman–Crippen LogP) is 5.28. The smallest absolute Gasteiger partial charge is 0.118 e. The molecule has 0 bridgehead atoms. The maximum atomic E-state index is 5.28. The molecule has 0 amide bonds. The fraction of sp³-hybridized carbons (Fsp3) is 0.263. The second kappa shape index (κ2) is 5.47. The Morgan fingerprint density at radius 1 is 1.14 bits per heavy atom. The van der Waals surface area contributed by atoms with E-state index in [0.29, 0.717) is 17.9 Å². The molecule has 4 rings (SSSR count). The van der Waals surface area contributed by atoms with Gasteiger partial charge in [-0.05, 0) is 57.6 Å². The molecule has 22 heavy (non-hydrogen) atoms. The number of anilines is 1. The summed E-state index contributed by atoms with van der Waals surface area (Å²) < 4.78 is 6.42. The number of nitrogens with one attached hydrogen (secondary N) is 1. The van der Waals surface area contributed by atoms with Crippen molar-refractivity contribution in [3.8, 4) is 5.75 Å². The van der Waals surface area contributed by atoms with Gasteiger partial charge in [-0.1, -0.05) is 36.4 Å². The van der Waals surface area contributed by atoms with Gasteiger partial charge in [-0.25, -0.2) is 0 Å². The number of fused-ring (bicyclic) bond motifs is 3. The van der Waals surface area contributed by atoms with E-state index < -0.39 is 0 Å².